The first-order valence-electron chi connectivity index (χ1n) is 7.92. The number of fused-ring (bicyclic) bond motifs is 1. The van der Waals surface area contributed by atoms with Crippen molar-refractivity contribution in [1.82, 2.24) is 0 Å². The second kappa shape index (κ2) is 6.80. The van der Waals surface area contributed by atoms with Gasteiger partial charge in [-0.25, -0.2) is 0 Å². The average Bonchev–Trinajstić information content (AvgIpc) is 3.06. The average molecular weight is 342 g/mol. The highest BCUT2D eigenvalue weighted by Crippen LogP contribution is 2.34. The van der Waals surface area contributed by atoms with E-state index < -0.39 is 4.92 Å². The van der Waals surface area contributed by atoms with E-state index in [-0.39, 0.29) is 18.3 Å². The van der Waals surface area contributed by atoms with Gasteiger partial charge >= 0.3 is 0 Å². The summed E-state index contributed by atoms with van der Waals surface area (Å²) in [6.07, 6.45) is 0. The maximum Gasteiger partial charge on any atom is 0.293 e. The highest BCUT2D eigenvalue weighted by Gasteiger charge is 2.21. The van der Waals surface area contributed by atoms with Crippen LogP contribution in [0.15, 0.2) is 36.4 Å². The van der Waals surface area contributed by atoms with Gasteiger partial charge in [-0.05, 0) is 43.7 Å². The van der Waals surface area contributed by atoms with Crippen molar-refractivity contribution in [3.63, 3.8) is 0 Å². The van der Waals surface area contributed by atoms with E-state index in [2.05, 4.69) is 0 Å². The zero-order valence-corrected chi connectivity index (χ0v) is 14.0. The first-order chi connectivity index (χ1) is 12.0. The summed E-state index contributed by atoms with van der Waals surface area (Å²) in [5.41, 5.74) is 1.69. The van der Waals surface area contributed by atoms with Gasteiger partial charge < -0.3 is 14.4 Å². The molecule has 1 aliphatic heterocycles. The van der Waals surface area contributed by atoms with Gasteiger partial charge in [0.15, 0.2) is 17.3 Å². The molecule has 0 amide bonds. The number of carbonyl (C=O) groups is 1. The number of anilines is 1. The Labute approximate surface area is 144 Å². The van der Waals surface area contributed by atoms with Crippen molar-refractivity contribution in [2.75, 3.05) is 18.2 Å². The number of nitro benzene ring substituents is 1. The molecule has 0 fully saturated rings. The summed E-state index contributed by atoms with van der Waals surface area (Å²) in [6, 6.07) is 10.2. The fourth-order valence-electron chi connectivity index (χ4n) is 2.78. The van der Waals surface area contributed by atoms with Gasteiger partial charge in [-0.1, -0.05) is 6.07 Å². The molecule has 0 radical (unpaired) electrons. The van der Waals surface area contributed by atoms with E-state index in [0.717, 1.165) is 5.56 Å². The highest BCUT2D eigenvalue weighted by atomic mass is 16.7. The summed E-state index contributed by atoms with van der Waals surface area (Å²) < 4.78 is 10.7. The van der Waals surface area contributed by atoms with Gasteiger partial charge in [0.1, 0.15) is 5.69 Å². The van der Waals surface area contributed by atoms with Crippen molar-refractivity contribution in [3.8, 4) is 11.5 Å². The topological polar surface area (TPSA) is 81.9 Å². The van der Waals surface area contributed by atoms with Gasteiger partial charge in [-0.2, -0.15) is 0 Å². The monoisotopic (exact) mass is 342 g/mol. The van der Waals surface area contributed by atoms with E-state index in [1.54, 1.807) is 12.1 Å². The summed E-state index contributed by atoms with van der Waals surface area (Å²) in [6.45, 7) is 4.58. The van der Waals surface area contributed by atoms with Crippen LogP contribution < -0.4 is 14.4 Å². The van der Waals surface area contributed by atoms with Crippen LogP contribution in [0.3, 0.4) is 0 Å². The summed E-state index contributed by atoms with van der Waals surface area (Å²) in [7, 11) is 0. The van der Waals surface area contributed by atoms with Crippen molar-refractivity contribution in [1.29, 1.82) is 0 Å². The number of rotatable bonds is 6. The summed E-state index contributed by atoms with van der Waals surface area (Å²) in [5.74, 6) is 1.17. The van der Waals surface area contributed by atoms with Gasteiger partial charge in [0.2, 0.25) is 6.79 Å². The Kier molecular flexibility index (Phi) is 4.56. The fourth-order valence-corrected chi connectivity index (χ4v) is 2.78. The fraction of sp³-hybridized carbons (Fsp3) is 0.278. The summed E-state index contributed by atoms with van der Waals surface area (Å²) >= 11 is 0. The van der Waals surface area contributed by atoms with E-state index in [1.165, 1.54) is 13.0 Å². The standard InChI is InChI=1S/C18H18N2O5/c1-3-19(10-13-4-7-17-18(8-13)25-11-24-17)15-6-5-14(12(2)21)9-16(15)20(22)23/h4-9H,3,10-11H2,1-2H3. The molecule has 25 heavy (non-hydrogen) atoms. The molecule has 2 aromatic rings. The van der Waals surface area contributed by atoms with Crippen LogP contribution in [0.4, 0.5) is 11.4 Å². The minimum Gasteiger partial charge on any atom is -0.454 e. The van der Waals surface area contributed by atoms with E-state index in [4.69, 9.17) is 9.47 Å². The Bertz CT molecular complexity index is 834. The summed E-state index contributed by atoms with van der Waals surface area (Å²) in [4.78, 5) is 24.4. The van der Waals surface area contributed by atoms with E-state index in [1.807, 2.05) is 30.0 Å². The van der Waals surface area contributed by atoms with Crippen molar-refractivity contribution in [2.45, 2.75) is 20.4 Å². The smallest absolute Gasteiger partial charge is 0.293 e. The molecule has 7 nitrogen and oxygen atoms in total. The van der Waals surface area contributed by atoms with Crippen LogP contribution in [0.25, 0.3) is 0 Å². The molecule has 0 bridgehead atoms. The van der Waals surface area contributed by atoms with Gasteiger partial charge in [0, 0.05) is 24.7 Å². The maximum absolute atomic E-state index is 11.5. The molecule has 0 spiro atoms. The van der Waals surface area contributed by atoms with Gasteiger partial charge in [-0.15, -0.1) is 0 Å². The predicted octanol–water partition coefficient (Wildman–Crippen LogP) is 3.55. The highest BCUT2D eigenvalue weighted by molar-refractivity contribution is 5.95. The quantitative estimate of drug-likeness (QED) is 0.453. The van der Waals surface area contributed by atoms with Crippen LogP contribution in [0.1, 0.15) is 29.8 Å². The predicted molar refractivity (Wildman–Crippen MR) is 92.4 cm³/mol. The van der Waals surface area contributed by atoms with Crippen LogP contribution in [0, 0.1) is 10.1 Å². The third-order valence-corrected chi connectivity index (χ3v) is 4.11. The molecule has 0 atom stereocenters. The lowest BCUT2D eigenvalue weighted by atomic mass is 10.1. The molecule has 1 aliphatic rings. The van der Waals surface area contributed by atoms with Crippen LogP contribution in [-0.2, 0) is 6.54 Å². The third-order valence-electron chi connectivity index (χ3n) is 4.11. The first kappa shape index (κ1) is 16.8. The third kappa shape index (κ3) is 3.40. The zero-order chi connectivity index (χ0) is 18.0. The number of benzene rings is 2. The van der Waals surface area contributed by atoms with Crippen LogP contribution >= 0.6 is 0 Å². The minimum atomic E-state index is -0.454. The molecule has 2 aromatic carbocycles. The Balaban J connectivity index is 1.92. The van der Waals surface area contributed by atoms with Gasteiger partial charge in [0.25, 0.3) is 5.69 Å². The number of carbonyl (C=O) groups excluding carboxylic acids is 1. The Morgan fingerprint density at radius 1 is 1.20 bits per heavy atom. The number of Topliss-reactive ketones (excluding diaryl/α,β-unsaturated/α-hetero) is 1. The van der Waals surface area contributed by atoms with Crippen LogP contribution in [0.2, 0.25) is 0 Å². The second-order valence-electron chi connectivity index (χ2n) is 5.72. The van der Waals surface area contributed by atoms with Gasteiger partial charge in [0.05, 0.1) is 4.92 Å². The molecule has 0 N–H and O–H groups in total. The first-order valence-corrected chi connectivity index (χ1v) is 7.92. The lowest BCUT2D eigenvalue weighted by molar-refractivity contribution is -0.384. The lowest BCUT2D eigenvalue weighted by Gasteiger charge is -2.23. The Morgan fingerprint density at radius 3 is 2.64 bits per heavy atom. The molecule has 0 unspecified atom stereocenters. The number of ketones is 1. The maximum atomic E-state index is 11.5. The minimum absolute atomic E-state index is 0.0738. The molecule has 3 rings (SSSR count). The molecule has 0 saturated carbocycles. The lowest BCUT2D eigenvalue weighted by Crippen LogP contribution is -2.23. The Morgan fingerprint density at radius 2 is 1.96 bits per heavy atom. The van der Waals surface area contributed by atoms with Crippen molar-refractivity contribution < 1.29 is 19.2 Å². The normalized spacial score (nSPS) is 12.1. The number of hydrogen-bond donors (Lipinski definition) is 0. The molecule has 1 heterocycles. The van der Waals surface area contributed by atoms with Crippen molar-refractivity contribution in [3.05, 3.63) is 57.6 Å². The van der Waals surface area contributed by atoms with Crippen LogP contribution in [0.5, 0.6) is 11.5 Å². The molecule has 0 saturated heterocycles. The Hall–Kier alpha value is -3.09. The molecule has 0 aliphatic carbocycles. The second-order valence-corrected chi connectivity index (χ2v) is 5.72. The molecule has 130 valence electrons. The van der Waals surface area contributed by atoms with E-state index in [9.17, 15) is 14.9 Å². The van der Waals surface area contributed by atoms with E-state index in [0.29, 0.717) is 35.8 Å². The zero-order valence-electron chi connectivity index (χ0n) is 14.0. The van der Waals surface area contributed by atoms with Crippen LogP contribution in [-0.4, -0.2) is 24.0 Å². The van der Waals surface area contributed by atoms with Gasteiger partial charge in [-0.3, -0.25) is 14.9 Å². The SMILES string of the molecule is CCN(Cc1ccc2c(c1)OCO2)c1ccc(C(C)=O)cc1[N+](=O)[O-]. The molecular formula is C18H18N2O5. The largest absolute Gasteiger partial charge is 0.454 e. The van der Waals surface area contributed by atoms with E-state index >= 15 is 0 Å². The number of nitro groups is 1. The van der Waals surface area contributed by atoms with Crippen molar-refractivity contribution in [2.24, 2.45) is 0 Å². The number of nitrogens with zero attached hydrogens (tertiary/aromatic N) is 2. The number of ether oxygens (including phenoxy) is 2. The van der Waals surface area contributed by atoms with Crippen molar-refractivity contribution >= 4 is 17.2 Å². The number of hydrogen-bond acceptors (Lipinski definition) is 6. The summed E-state index contributed by atoms with van der Waals surface area (Å²) in [5, 5.41) is 11.5. The molecular weight excluding hydrogens is 324 g/mol. The molecule has 0 aromatic heterocycles. The molecule has 7 heteroatoms.